The van der Waals surface area contributed by atoms with Gasteiger partial charge >= 0.3 is 0 Å². The molecule has 1 heterocycles. The van der Waals surface area contributed by atoms with Gasteiger partial charge in [0, 0.05) is 6.07 Å². The Morgan fingerprint density at radius 1 is 0.909 bits per heavy atom. The zero-order valence-corrected chi connectivity index (χ0v) is 12.1. The Labute approximate surface area is 129 Å². The molecule has 0 aliphatic rings. The van der Waals surface area contributed by atoms with Gasteiger partial charge < -0.3 is 14.9 Å². The number of aromatic nitrogens is 1. The van der Waals surface area contributed by atoms with Crippen molar-refractivity contribution in [2.24, 2.45) is 0 Å². The first kappa shape index (κ1) is 14.5. The summed E-state index contributed by atoms with van der Waals surface area (Å²) in [4.78, 5) is 0. The molecule has 0 fully saturated rings. The minimum Gasteiger partial charge on any atom is -0.386 e. The summed E-state index contributed by atoms with van der Waals surface area (Å²) in [5, 5.41) is 17.8. The van der Waals surface area contributed by atoms with Gasteiger partial charge in [0.05, 0.1) is 24.9 Å². The maximum Gasteiger partial charge on any atom is 0.150 e. The molecule has 112 valence electrons. The van der Waals surface area contributed by atoms with Crippen LogP contribution in [0.1, 0.15) is 29.0 Å². The molecular weight excluding hydrogens is 276 g/mol. The molecule has 3 rings (SSSR count). The Balaban J connectivity index is 1.82. The minimum atomic E-state index is -0.647. The van der Waals surface area contributed by atoms with Gasteiger partial charge in [-0.3, -0.25) is 0 Å². The molecule has 2 atom stereocenters. The van der Waals surface area contributed by atoms with E-state index in [4.69, 9.17) is 4.52 Å². The average molecular weight is 294 g/mol. The van der Waals surface area contributed by atoms with Crippen molar-refractivity contribution in [3.63, 3.8) is 0 Å². The van der Waals surface area contributed by atoms with Crippen molar-refractivity contribution in [2.75, 3.05) is 0 Å². The fourth-order valence-corrected chi connectivity index (χ4v) is 2.46. The number of nitrogens with one attached hydrogen (secondary N) is 1. The first-order chi connectivity index (χ1) is 10.8. The predicted molar refractivity (Wildman–Crippen MR) is 83.9 cm³/mol. The summed E-state index contributed by atoms with van der Waals surface area (Å²) < 4.78 is 5.11. The first-order valence-electron chi connectivity index (χ1n) is 7.25. The van der Waals surface area contributed by atoms with Crippen LogP contribution >= 0.6 is 0 Å². The Morgan fingerprint density at radius 3 is 2.14 bits per heavy atom. The maximum atomic E-state index is 10.8. The van der Waals surface area contributed by atoms with Crippen molar-refractivity contribution in [1.29, 1.82) is 0 Å². The molecule has 4 heteroatoms. The third kappa shape index (κ3) is 3.42. The van der Waals surface area contributed by atoms with E-state index in [1.807, 2.05) is 66.7 Å². The van der Waals surface area contributed by atoms with Crippen molar-refractivity contribution in [3.8, 4) is 0 Å². The molecule has 3 aromatic rings. The van der Waals surface area contributed by atoms with Crippen LogP contribution in [0, 0.1) is 0 Å². The number of aliphatic hydroxyl groups is 1. The van der Waals surface area contributed by atoms with Crippen LogP contribution < -0.4 is 5.32 Å². The van der Waals surface area contributed by atoms with Gasteiger partial charge in [0.2, 0.25) is 0 Å². The van der Waals surface area contributed by atoms with E-state index in [0.29, 0.717) is 6.54 Å². The highest BCUT2D eigenvalue weighted by Gasteiger charge is 2.22. The largest absolute Gasteiger partial charge is 0.386 e. The molecule has 0 spiro atoms. The topological polar surface area (TPSA) is 58.3 Å². The Kier molecular flexibility index (Phi) is 4.63. The molecule has 4 nitrogen and oxygen atoms in total. The van der Waals surface area contributed by atoms with Crippen LogP contribution in [0.2, 0.25) is 0 Å². The van der Waals surface area contributed by atoms with E-state index in [2.05, 4.69) is 10.5 Å². The summed E-state index contributed by atoms with van der Waals surface area (Å²) in [6.07, 6.45) is 0.967. The van der Waals surface area contributed by atoms with Gasteiger partial charge in [-0.1, -0.05) is 65.8 Å². The zero-order chi connectivity index (χ0) is 15.2. The summed E-state index contributed by atoms with van der Waals surface area (Å²) in [5.41, 5.74) is 1.90. The molecule has 0 aliphatic heterocycles. The molecule has 22 heavy (non-hydrogen) atoms. The second-order valence-corrected chi connectivity index (χ2v) is 5.10. The molecule has 1 aromatic heterocycles. The second kappa shape index (κ2) is 7.02. The highest BCUT2D eigenvalue weighted by atomic mass is 16.5. The highest BCUT2D eigenvalue weighted by Crippen LogP contribution is 2.28. The predicted octanol–water partition coefficient (Wildman–Crippen LogP) is 3.24. The van der Waals surface area contributed by atoms with Crippen LogP contribution in [0.15, 0.2) is 77.4 Å². The van der Waals surface area contributed by atoms with Gasteiger partial charge in [0.1, 0.15) is 5.76 Å². The third-order valence-electron chi connectivity index (χ3n) is 3.60. The summed E-state index contributed by atoms with van der Waals surface area (Å²) in [6, 6.07) is 21.1. The molecule has 0 bridgehead atoms. The quantitative estimate of drug-likeness (QED) is 0.733. The van der Waals surface area contributed by atoms with Crippen LogP contribution in [0.25, 0.3) is 0 Å². The van der Waals surface area contributed by atoms with Crippen molar-refractivity contribution >= 4 is 0 Å². The average Bonchev–Trinajstić information content (AvgIpc) is 3.10. The van der Waals surface area contributed by atoms with Gasteiger partial charge in [0.15, 0.2) is 0 Å². The molecule has 0 aliphatic carbocycles. The maximum absolute atomic E-state index is 10.8. The van der Waals surface area contributed by atoms with E-state index in [1.165, 1.54) is 0 Å². The van der Waals surface area contributed by atoms with Crippen LogP contribution in [0.5, 0.6) is 0 Å². The lowest BCUT2D eigenvalue weighted by molar-refractivity contribution is 0.126. The van der Waals surface area contributed by atoms with Gasteiger partial charge in [-0.05, 0) is 11.1 Å². The van der Waals surface area contributed by atoms with Crippen molar-refractivity contribution in [3.05, 3.63) is 89.8 Å². The van der Waals surface area contributed by atoms with E-state index in [0.717, 1.165) is 16.9 Å². The Hall–Kier alpha value is -2.43. The molecule has 2 N–H and O–H groups in total. The summed E-state index contributed by atoms with van der Waals surface area (Å²) in [5.74, 6) is 0.737. The lowest BCUT2D eigenvalue weighted by Crippen LogP contribution is -2.26. The van der Waals surface area contributed by atoms with Crippen LogP contribution in [-0.4, -0.2) is 10.3 Å². The summed E-state index contributed by atoms with van der Waals surface area (Å²) in [6.45, 7) is 0.503. The fraction of sp³-hybridized carbons (Fsp3) is 0.167. The van der Waals surface area contributed by atoms with E-state index >= 15 is 0 Å². The minimum absolute atomic E-state index is 0.228. The Bertz CT molecular complexity index is 669. The monoisotopic (exact) mass is 294 g/mol. The fourth-order valence-electron chi connectivity index (χ4n) is 2.46. The number of nitrogens with zero attached hydrogens (tertiary/aromatic N) is 1. The number of aliphatic hydroxyl groups excluding tert-OH is 1. The Morgan fingerprint density at radius 2 is 1.55 bits per heavy atom. The molecule has 0 saturated carbocycles. The number of rotatable bonds is 6. The van der Waals surface area contributed by atoms with E-state index in [9.17, 15) is 5.11 Å². The van der Waals surface area contributed by atoms with E-state index < -0.39 is 6.10 Å². The number of benzene rings is 2. The molecular formula is C18H18N2O2. The second-order valence-electron chi connectivity index (χ2n) is 5.10. The van der Waals surface area contributed by atoms with E-state index in [-0.39, 0.29) is 6.04 Å². The van der Waals surface area contributed by atoms with Crippen molar-refractivity contribution < 1.29 is 9.63 Å². The molecule has 0 saturated heterocycles. The molecule has 0 unspecified atom stereocenters. The van der Waals surface area contributed by atoms with Gasteiger partial charge in [-0.25, -0.2) is 0 Å². The molecule has 0 amide bonds. The summed E-state index contributed by atoms with van der Waals surface area (Å²) in [7, 11) is 0. The molecule has 0 radical (unpaired) electrons. The smallest absolute Gasteiger partial charge is 0.150 e. The van der Waals surface area contributed by atoms with E-state index in [1.54, 1.807) is 6.20 Å². The van der Waals surface area contributed by atoms with Crippen LogP contribution in [0.3, 0.4) is 0 Å². The zero-order valence-electron chi connectivity index (χ0n) is 12.1. The van der Waals surface area contributed by atoms with Crippen LogP contribution in [-0.2, 0) is 6.54 Å². The van der Waals surface area contributed by atoms with Crippen molar-refractivity contribution in [2.45, 2.75) is 18.7 Å². The standard InChI is InChI=1S/C18H18N2O2/c21-18(15-9-5-2-6-10-15)17(14-7-3-1-4-8-14)19-13-16-11-12-20-22-16/h1-12,17-19,21H,13H2/t17-,18+/m1/s1. The first-order valence-corrected chi connectivity index (χ1v) is 7.25. The lowest BCUT2D eigenvalue weighted by Gasteiger charge is -2.24. The molecule has 2 aromatic carbocycles. The SMILES string of the molecule is O[C@@H](c1ccccc1)[C@H](NCc1ccno1)c1ccccc1. The van der Waals surface area contributed by atoms with Gasteiger partial charge in [-0.2, -0.15) is 0 Å². The van der Waals surface area contributed by atoms with Crippen LogP contribution in [0.4, 0.5) is 0 Å². The van der Waals surface area contributed by atoms with Gasteiger partial charge in [-0.15, -0.1) is 0 Å². The highest BCUT2D eigenvalue weighted by molar-refractivity contribution is 5.26. The summed E-state index contributed by atoms with van der Waals surface area (Å²) >= 11 is 0. The third-order valence-corrected chi connectivity index (χ3v) is 3.60. The van der Waals surface area contributed by atoms with Gasteiger partial charge in [0.25, 0.3) is 0 Å². The normalized spacial score (nSPS) is 13.7. The van der Waals surface area contributed by atoms with Crippen molar-refractivity contribution in [1.82, 2.24) is 10.5 Å². The lowest BCUT2D eigenvalue weighted by atomic mass is 9.96. The number of hydrogen-bond acceptors (Lipinski definition) is 4. The number of hydrogen-bond donors (Lipinski definition) is 2.